The number of anilines is 1. The highest BCUT2D eigenvalue weighted by Gasteiger charge is 2.18. The minimum absolute atomic E-state index is 0.248. The molecule has 0 aliphatic rings. The lowest BCUT2D eigenvalue weighted by Crippen LogP contribution is -2.23. The Morgan fingerprint density at radius 2 is 2.06 bits per heavy atom. The molecule has 1 unspecified atom stereocenters. The molecule has 2 rings (SSSR count). The largest absolute Gasteiger partial charge is 0.389 e. The van der Waals surface area contributed by atoms with Crippen LogP contribution in [-0.4, -0.2) is 17.1 Å². The van der Waals surface area contributed by atoms with Crippen molar-refractivity contribution in [2.24, 2.45) is 0 Å². The smallest absolute Gasteiger partial charge is 0.134 e. The Balaban J connectivity index is 2.31. The van der Waals surface area contributed by atoms with Crippen LogP contribution in [0.5, 0.6) is 0 Å². The molecule has 4 heteroatoms. The maximum Gasteiger partial charge on any atom is 0.134 e. The summed E-state index contributed by atoms with van der Waals surface area (Å²) in [6, 6.07) is 8.20. The third-order valence-corrected chi connectivity index (χ3v) is 4.18. The number of hydrogen-bond donors (Lipinski definition) is 1. The zero-order chi connectivity index (χ0) is 13.1. The van der Waals surface area contributed by atoms with E-state index in [-0.39, 0.29) is 6.04 Å². The highest BCUT2D eigenvalue weighted by molar-refractivity contribution is 7.10. The van der Waals surface area contributed by atoms with Crippen molar-refractivity contribution in [2.75, 3.05) is 11.9 Å². The molecule has 0 saturated carbocycles. The van der Waals surface area contributed by atoms with E-state index in [0.717, 1.165) is 11.4 Å². The van der Waals surface area contributed by atoms with Gasteiger partial charge in [-0.2, -0.15) is 0 Å². The van der Waals surface area contributed by atoms with Crippen LogP contribution >= 0.6 is 11.3 Å². The first kappa shape index (κ1) is 13.1. The van der Waals surface area contributed by atoms with Crippen LogP contribution in [0, 0.1) is 0 Å². The molecule has 2 aromatic heterocycles. The monoisotopic (exact) mass is 262 g/mol. The van der Waals surface area contributed by atoms with Crippen LogP contribution in [0.4, 0.5) is 5.82 Å². The quantitative estimate of drug-likeness (QED) is 0.917. The minimum Gasteiger partial charge on any atom is -0.389 e. The summed E-state index contributed by atoms with van der Waals surface area (Å²) in [4.78, 5) is 7.80. The van der Waals surface area contributed by atoms with Gasteiger partial charge in [-0.3, -0.25) is 0 Å². The molecule has 1 N–H and O–H groups in total. The number of thiophene rings is 1. The fourth-order valence-electron chi connectivity index (χ4n) is 1.93. The molecule has 0 amide bonds. The summed E-state index contributed by atoms with van der Waals surface area (Å²) in [5, 5.41) is 11.9. The van der Waals surface area contributed by atoms with Crippen LogP contribution in [0.2, 0.25) is 0 Å². The molecule has 0 aromatic carbocycles. The van der Waals surface area contributed by atoms with Crippen molar-refractivity contribution in [3.05, 3.63) is 46.3 Å². The van der Waals surface area contributed by atoms with Gasteiger partial charge in [0.25, 0.3) is 0 Å². The standard InChI is InChI=1S/C14H18N2OS/c1-10(13-7-5-9-18-13)16(3)14-12(11(2)17)6-4-8-15-14/h4-11,17H,1-3H3/t10?,11-/m1/s1. The van der Waals surface area contributed by atoms with Gasteiger partial charge in [0.1, 0.15) is 5.82 Å². The van der Waals surface area contributed by atoms with Crippen molar-refractivity contribution < 1.29 is 5.11 Å². The average Bonchev–Trinajstić information content (AvgIpc) is 2.90. The summed E-state index contributed by atoms with van der Waals surface area (Å²) in [5.41, 5.74) is 0.864. The number of aliphatic hydroxyl groups excluding tert-OH is 1. The molecule has 3 nitrogen and oxygen atoms in total. The van der Waals surface area contributed by atoms with E-state index in [0.29, 0.717) is 0 Å². The summed E-state index contributed by atoms with van der Waals surface area (Å²) < 4.78 is 0. The molecule has 18 heavy (non-hydrogen) atoms. The van der Waals surface area contributed by atoms with Crippen LogP contribution in [0.15, 0.2) is 35.8 Å². The van der Waals surface area contributed by atoms with Gasteiger partial charge in [-0.25, -0.2) is 4.98 Å². The van der Waals surface area contributed by atoms with Gasteiger partial charge < -0.3 is 10.0 Å². The van der Waals surface area contributed by atoms with E-state index in [1.165, 1.54) is 4.88 Å². The second-order valence-corrected chi connectivity index (χ2v) is 5.37. The molecule has 2 heterocycles. The molecule has 96 valence electrons. The summed E-state index contributed by atoms with van der Waals surface area (Å²) in [5.74, 6) is 0.841. The molecule has 2 atom stereocenters. The van der Waals surface area contributed by atoms with Crippen LogP contribution < -0.4 is 4.90 Å². The summed E-state index contributed by atoms with van der Waals surface area (Å²) in [6.07, 6.45) is 1.26. The van der Waals surface area contributed by atoms with Gasteiger partial charge in [0, 0.05) is 23.7 Å². The van der Waals surface area contributed by atoms with Crippen molar-refractivity contribution in [3.8, 4) is 0 Å². The van der Waals surface area contributed by atoms with Crippen LogP contribution in [0.3, 0.4) is 0 Å². The number of nitrogens with zero attached hydrogens (tertiary/aromatic N) is 2. The van der Waals surface area contributed by atoms with E-state index in [1.54, 1.807) is 24.5 Å². The molecule has 0 radical (unpaired) electrons. The van der Waals surface area contributed by atoms with Gasteiger partial charge in [-0.15, -0.1) is 11.3 Å². The Morgan fingerprint density at radius 1 is 1.28 bits per heavy atom. The van der Waals surface area contributed by atoms with Gasteiger partial charge in [0.05, 0.1) is 12.1 Å². The van der Waals surface area contributed by atoms with Gasteiger partial charge in [-0.1, -0.05) is 12.1 Å². The summed E-state index contributed by atoms with van der Waals surface area (Å²) in [6.45, 7) is 3.91. The topological polar surface area (TPSA) is 36.4 Å². The van der Waals surface area contributed by atoms with E-state index in [4.69, 9.17) is 0 Å². The van der Waals surface area contributed by atoms with Gasteiger partial charge in [-0.05, 0) is 31.4 Å². The first-order valence-corrected chi connectivity index (χ1v) is 6.88. The SMILES string of the molecule is CC(c1cccs1)N(C)c1ncccc1[C@@H](C)O. The lowest BCUT2D eigenvalue weighted by molar-refractivity contribution is 0.199. The van der Waals surface area contributed by atoms with E-state index in [9.17, 15) is 5.11 Å². The lowest BCUT2D eigenvalue weighted by atomic mass is 10.1. The second-order valence-electron chi connectivity index (χ2n) is 4.39. The van der Waals surface area contributed by atoms with Crippen molar-refractivity contribution in [3.63, 3.8) is 0 Å². The fourth-order valence-corrected chi connectivity index (χ4v) is 2.76. The molecule has 0 bridgehead atoms. The number of hydrogen-bond acceptors (Lipinski definition) is 4. The van der Waals surface area contributed by atoms with E-state index < -0.39 is 6.10 Å². The molecule has 0 fully saturated rings. The van der Waals surface area contributed by atoms with Crippen molar-refractivity contribution in [1.29, 1.82) is 0 Å². The summed E-state index contributed by atoms with van der Waals surface area (Å²) >= 11 is 1.74. The van der Waals surface area contributed by atoms with Crippen molar-refractivity contribution >= 4 is 17.2 Å². The Kier molecular flexibility index (Phi) is 3.99. The highest BCUT2D eigenvalue weighted by Crippen LogP contribution is 2.31. The Hall–Kier alpha value is -1.39. The van der Waals surface area contributed by atoms with Crippen LogP contribution in [0.25, 0.3) is 0 Å². The Labute approximate surface area is 112 Å². The summed E-state index contributed by atoms with van der Waals surface area (Å²) in [7, 11) is 2.01. The molecular formula is C14H18N2OS. The van der Waals surface area contributed by atoms with E-state index >= 15 is 0 Å². The van der Waals surface area contributed by atoms with Crippen molar-refractivity contribution in [2.45, 2.75) is 26.0 Å². The van der Waals surface area contributed by atoms with Gasteiger partial charge in [0.2, 0.25) is 0 Å². The average molecular weight is 262 g/mol. The second kappa shape index (κ2) is 5.50. The Bertz CT molecular complexity index is 496. The molecule has 2 aromatic rings. The number of aromatic nitrogens is 1. The van der Waals surface area contributed by atoms with Crippen molar-refractivity contribution in [1.82, 2.24) is 4.98 Å². The highest BCUT2D eigenvalue weighted by atomic mass is 32.1. The number of rotatable bonds is 4. The molecule has 0 spiro atoms. The Morgan fingerprint density at radius 3 is 2.67 bits per heavy atom. The number of pyridine rings is 1. The molecule has 0 aliphatic heterocycles. The van der Waals surface area contributed by atoms with E-state index in [1.807, 2.05) is 19.2 Å². The molecule has 0 saturated heterocycles. The van der Waals surface area contributed by atoms with E-state index in [2.05, 4.69) is 34.3 Å². The van der Waals surface area contributed by atoms with Crippen LogP contribution in [0.1, 0.15) is 36.4 Å². The zero-order valence-electron chi connectivity index (χ0n) is 10.9. The molecular weight excluding hydrogens is 244 g/mol. The third-order valence-electron chi connectivity index (χ3n) is 3.14. The predicted molar refractivity (Wildman–Crippen MR) is 76.0 cm³/mol. The molecule has 0 aliphatic carbocycles. The fraction of sp³-hybridized carbons (Fsp3) is 0.357. The predicted octanol–water partition coefficient (Wildman–Crippen LogP) is 3.39. The van der Waals surface area contributed by atoms with Gasteiger partial charge in [0.15, 0.2) is 0 Å². The zero-order valence-corrected chi connectivity index (χ0v) is 11.7. The van der Waals surface area contributed by atoms with Gasteiger partial charge >= 0.3 is 0 Å². The normalized spacial score (nSPS) is 14.2. The maximum atomic E-state index is 9.80. The number of aliphatic hydroxyl groups is 1. The minimum atomic E-state index is -0.508. The first-order chi connectivity index (χ1) is 8.61. The maximum absolute atomic E-state index is 9.80. The van der Waals surface area contributed by atoms with Crippen LogP contribution in [-0.2, 0) is 0 Å². The first-order valence-electron chi connectivity index (χ1n) is 6.00. The third kappa shape index (κ3) is 2.54. The lowest BCUT2D eigenvalue weighted by Gasteiger charge is -2.27.